The van der Waals surface area contributed by atoms with Crippen molar-refractivity contribution in [1.82, 2.24) is 15.0 Å². The molecule has 3 aromatic heterocycles. The van der Waals surface area contributed by atoms with Gasteiger partial charge in [-0.05, 0) is 36.5 Å². The summed E-state index contributed by atoms with van der Waals surface area (Å²) in [5.41, 5.74) is 3.36. The molecule has 146 valence electrons. The van der Waals surface area contributed by atoms with Crippen LogP contribution in [0.5, 0.6) is 0 Å². The van der Waals surface area contributed by atoms with E-state index in [-0.39, 0.29) is 0 Å². The van der Waals surface area contributed by atoms with Crippen LogP contribution < -0.4 is 5.32 Å². The third-order valence-electron chi connectivity index (χ3n) is 5.87. The van der Waals surface area contributed by atoms with E-state index in [1.807, 2.05) is 18.3 Å². The van der Waals surface area contributed by atoms with Crippen molar-refractivity contribution in [2.45, 2.75) is 38.6 Å². The van der Waals surface area contributed by atoms with Crippen LogP contribution in [0, 0.1) is 5.92 Å². The Morgan fingerprint density at radius 1 is 0.966 bits per heavy atom. The standard InChI is InChI=1S/C24H24N4S/c1-16-8-5-6-12-20(16)26-23-21-19(17-9-3-2-4-10-17)15-29-24(21)28-22(27-23)18-11-7-13-25-14-18/h2-4,7,9-11,13-16,20H,5-6,8,12H2,1H3,(H,26,27,28)/t16-,20+/m0/s1. The fourth-order valence-corrected chi connectivity index (χ4v) is 5.15. The van der Waals surface area contributed by atoms with Gasteiger partial charge in [0.15, 0.2) is 5.82 Å². The minimum atomic E-state index is 0.451. The molecule has 0 spiro atoms. The van der Waals surface area contributed by atoms with Gasteiger partial charge in [0.25, 0.3) is 0 Å². The van der Waals surface area contributed by atoms with Crippen LogP contribution in [0.1, 0.15) is 32.6 Å². The van der Waals surface area contributed by atoms with Crippen LogP contribution in [-0.2, 0) is 0 Å². The average molecular weight is 401 g/mol. The molecule has 0 aliphatic heterocycles. The molecule has 1 aromatic carbocycles. The predicted octanol–water partition coefficient (Wildman–Crippen LogP) is 6.41. The van der Waals surface area contributed by atoms with Gasteiger partial charge in [0.2, 0.25) is 0 Å². The molecule has 3 heterocycles. The quantitative estimate of drug-likeness (QED) is 0.430. The SMILES string of the molecule is C[C@H]1CCCC[C@H]1Nc1nc(-c2cccnc2)nc2scc(-c3ccccc3)c12. The molecular formula is C24H24N4S. The number of thiophene rings is 1. The lowest BCUT2D eigenvalue weighted by atomic mass is 9.86. The molecule has 0 saturated heterocycles. The first-order chi connectivity index (χ1) is 14.3. The van der Waals surface area contributed by atoms with E-state index < -0.39 is 0 Å². The third-order valence-corrected chi connectivity index (χ3v) is 6.74. The topological polar surface area (TPSA) is 50.7 Å². The average Bonchev–Trinajstić information content (AvgIpc) is 3.21. The minimum Gasteiger partial charge on any atom is -0.366 e. The Balaban J connectivity index is 1.66. The smallest absolute Gasteiger partial charge is 0.164 e. The molecule has 29 heavy (non-hydrogen) atoms. The van der Waals surface area contributed by atoms with E-state index in [2.05, 4.69) is 52.9 Å². The van der Waals surface area contributed by atoms with Crippen molar-refractivity contribution in [3.8, 4) is 22.5 Å². The number of benzene rings is 1. The second-order valence-corrected chi connectivity index (χ2v) is 8.70. The largest absolute Gasteiger partial charge is 0.366 e. The van der Waals surface area contributed by atoms with Crippen LogP contribution in [0.25, 0.3) is 32.7 Å². The van der Waals surface area contributed by atoms with Crippen molar-refractivity contribution >= 4 is 27.4 Å². The first-order valence-electron chi connectivity index (χ1n) is 10.3. The number of rotatable bonds is 4. The molecule has 1 N–H and O–H groups in total. The van der Waals surface area contributed by atoms with Gasteiger partial charge >= 0.3 is 0 Å². The van der Waals surface area contributed by atoms with Crippen LogP contribution in [0.4, 0.5) is 5.82 Å². The minimum absolute atomic E-state index is 0.451. The summed E-state index contributed by atoms with van der Waals surface area (Å²) in [4.78, 5) is 15.2. The van der Waals surface area contributed by atoms with Gasteiger partial charge in [-0.25, -0.2) is 9.97 Å². The molecule has 1 aliphatic carbocycles. The number of aromatic nitrogens is 3. The van der Waals surface area contributed by atoms with E-state index in [0.29, 0.717) is 12.0 Å². The van der Waals surface area contributed by atoms with Crippen molar-refractivity contribution in [2.24, 2.45) is 5.92 Å². The van der Waals surface area contributed by atoms with Gasteiger partial charge in [-0.1, -0.05) is 50.1 Å². The molecule has 4 nitrogen and oxygen atoms in total. The highest BCUT2D eigenvalue weighted by Crippen LogP contribution is 2.39. The van der Waals surface area contributed by atoms with Gasteiger partial charge in [0.1, 0.15) is 10.6 Å². The zero-order valence-electron chi connectivity index (χ0n) is 16.5. The summed E-state index contributed by atoms with van der Waals surface area (Å²) < 4.78 is 0. The monoisotopic (exact) mass is 400 g/mol. The first kappa shape index (κ1) is 18.3. The molecule has 0 unspecified atom stereocenters. The summed E-state index contributed by atoms with van der Waals surface area (Å²) in [6, 6.07) is 14.9. The molecule has 5 heteroatoms. The summed E-state index contributed by atoms with van der Waals surface area (Å²) in [5.74, 6) is 2.33. The van der Waals surface area contributed by atoms with Gasteiger partial charge in [0, 0.05) is 34.9 Å². The first-order valence-corrected chi connectivity index (χ1v) is 11.2. The van der Waals surface area contributed by atoms with Gasteiger partial charge in [-0.15, -0.1) is 11.3 Å². The van der Waals surface area contributed by atoms with Crippen molar-refractivity contribution in [2.75, 3.05) is 5.32 Å². The second kappa shape index (κ2) is 7.91. The summed E-state index contributed by atoms with van der Waals surface area (Å²) in [6.07, 6.45) is 8.69. The highest BCUT2D eigenvalue weighted by atomic mass is 32.1. The number of pyridine rings is 1. The zero-order chi connectivity index (χ0) is 19.6. The summed E-state index contributed by atoms with van der Waals surface area (Å²) in [5, 5.41) is 7.15. The number of nitrogens with one attached hydrogen (secondary N) is 1. The van der Waals surface area contributed by atoms with Crippen LogP contribution in [0.2, 0.25) is 0 Å². The van der Waals surface area contributed by atoms with Crippen LogP contribution in [0.15, 0.2) is 60.2 Å². The molecule has 0 radical (unpaired) electrons. The Hall–Kier alpha value is -2.79. The van der Waals surface area contributed by atoms with Gasteiger partial charge in [-0.3, -0.25) is 4.98 Å². The number of hydrogen-bond donors (Lipinski definition) is 1. The number of hydrogen-bond acceptors (Lipinski definition) is 5. The van der Waals surface area contributed by atoms with E-state index in [1.165, 1.54) is 36.8 Å². The van der Waals surface area contributed by atoms with E-state index in [1.54, 1.807) is 17.5 Å². The Bertz CT molecular complexity index is 1110. The molecule has 0 amide bonds. The van der Waals surface area contributed by atoms with Crippen LogP contribution >= 0.6 is 11.3 Å². The molecule has 4 aromatic rings. The summed E-state index contributed by atoms with van der Waals surface area (Å²) >= 11 is 1.68. The van der Waals surface area contributed by atoms with Crippen molar-refractivity contribution in [3.63, 3.8) is 0 Å². The Morgan fingerprint density at radius 2 is 1.79 bits per heavy atom. The van der Waals surface area contributed by atoms with Crippen LogP contribution in [-0.4, -0.2) is 21.0 Å². The molecule has 2 atom stereocenters. The van der Waals surface area contributed by atoms with Gasteiger partial charge in [0.05, 0.1) is 5.39 Å². The highest BCUT2D eigenvalue weighted by molar-refractivity contribution is 7.17. The zero-order valence-corrected chi connectivity index (χ0v) is 17.3. The summed E-state index contributed by atoms with van der Waals surface area (Å²) in [6.45, 7) is 2.35. The molecule has 1 saturated carbocycles. The maximum Gasteiger partial charge on any atom is 0.164 e. The number of anilines is 1. The molecule has 5 rings (SSSR count). The van der Waals surface area contributed by atoms with E-state index in [0.717, 1.165) is 27.4 Å². The fraction of sp³-hybridized carbons (Fsp3) is 0.292. The third kappa shape index (κ3) is 3.62. The number of fused-ring (bicyclic) bond motifs is 1. The lowest BCUT2D eigenvalue weighted by Gasteiger charge is -2.30. The van der Waals surface area contributed by atoms with Crippen molar-refractivity contribution in [1.29, 1.82) is 0 Å². The molecule has 1 fully saturated rings. The van der Waals surface area contributed by atoms with Crippen molar-refractivity contribution in [3.05, 3.63) is 60.2 Å². The maximum atomic E-state index is 5.00. The van der Waals surface area contributed by atoms with E-state index in [9.17, 15) is 0 Å². The van der Waals surface area contributed by atoms with Crippen molar-refractivity contribution < 1.29 is 0 Å². The van der Waals surface area contributed by atoms with Gasteiger partial charge < -0.3 is 5.32 Å². The van der Waals surface area contributed by atoms with Gasteiger partial charge in [-0.2, -0.15) is 0 Å². The molecule has 1 aliphatic rings. The lowest BCUT2D eigenvalue weighted by Crippen LogP contribution is -2.30. The molecule has 0 bridgehead atoms. The summed E-state index contributed by atoms with van der Waals surface area (Å²) in [7, 11) is 0. The second-order valence-electron chi connectivity index (χ2n) is 7.85. The lowest BCUT2D eigenvalue weighted by molar-refractivity contribution is 0.349. The van der Waals surface area contributed by atoms with E-state index >= 15 is 0 Å². The normalized spacial score (nSPS) is 19.3. The Morgan fingerprint density at radius 3 is 2.59 bits per heavy atom. The Kier molecular flexibility index (Phi) is 4.98. The Labute approximate surface area is 175 Å². The van der Waals surface area contributed by atoms with E-state index in [4.69, 9.17) is 9.97 Å². The maximum absolute atomic E-state index is 5.00. The molecular weight excluding hydrogens is 376 g/mol. The predicted molar refractivity (Wildman–Crippen MR) is 121 cm³/mol. The fourth-order valence-electron chi connectivity index (χ4n) is 4.21. The highest BCUT2D eigenvalue weighted by Gasteiger charge is 2.24. The van der Waals surface area contributed by atoms with Crippen LogP contribution in [0.3, 0.4) is 0 Å². The number of nitrogens with zero attached hydrogens (tertiary/aromatic N) is 3.